The van der Waals surface area contributed by atoms with Gasteiger partial charge in [-0.1, -0.05) is 72.4 Å². The molecule has 0 N–H and O–H groups in total. The Morgan fingerprint density at radius 3 is 2.35 bits per heavy atom. The highest BCUT2D eigenvalue weighted by Gasteiger charge is 2.21. The average Bonchev–Trinajstić information content (AvgIpc) is 3.38. The zero-order chi connectivity index (χ0) is 17.6. The van der Waals surface area contributed by atoms with E-state index >= 15 is 0 Å². The van der Waals surface area contributed by atoms with Crippen molar-refractivity contribution in [2.24, 2.45) is 0 Å². The first kappa shape index (κ1) is 16.7. The number of hydrogen-bond donors (Lipinski definition) is 0. The summed E-state index contributed by atoms with van der Waals surface area (Å²) in [6.45, 7) is 0. The molecule has 2 heterocycles. The van der Waals surface area contributed by atoms with E-state index in [1.54, 1.807) is 18.0 Å². The van der Waals surface area contributed by atoms with Crippen LogP contribution in [0.25, 0.3) is 0 Å². The van der Waals surface area contributed by atoms with Crippen molar-refractivity contribution in [3.63, 3.8) is 0 Å². The molecule has 4 nitrogen and oxygen atoms in total. The first-order valence-corrected chi connectivity index (χ1v) is 9.44. The van der Waals surface area contributed by atoms with Gasteiger partial charge in [0, 0.05) is 12.2 Å². The van der Waals surface area contributed by atoms with Crippen LogP contribution in [0.2, 0.25) is 0 Å². The van der Waals surface area contributed by atoms with Crippen LogP contribution in [0.15, 0.2) is 93.1 Å². The van der Waals surface area contributed by atoms with Crippen LogP contribution in [0.5, 0.6) is 0 Å². The summed E-state index contributed by atoms with van der Waals surface area (Å²) in [5.74, 6) is 2.38. The first-order chi connectivity index (χ1) is 12.9. The topological polar surface area (TPSA) is 52.1 Å². The largest absolute Gasteiger partial charge is 0.469 e. The number of hydrogen-bond acceptors (Lipinski definition) is 5. The van der Waals surface area contributed by atoms with E-state index in [2.05, 4.69) is 34.5 Å². The second-order valence-corrected chi connectivity index (χ2v) is 6.85. The maximum atomic E-state index is 5.85. The van der Waals surface area contributed by atoms with Crippen LogP contribution >= 0.6 is 11.8 Å². The van der Waals surface area contributed by atoms with Gasteiger partial charge in [-0.25, -0.2) is 0 Å². The van der Waals surface area contributed by atoms with Crippen LogP contribution in [-0.2, 0) is 12.2 Å². The second kappa shape index (κ2) is 8.06. The maximum Gasteiger partial charge on any atom is 0.276 e. The third-order valence-corrected chi connectivity index (χ3v) is 5.01. The Bertz CT molecular complexity index is 921. The predicted molar refractivity (Wildman–Crippen MR) is 101 cm³/mol. The number of benzene rings is 2. The second-order valence-electron chi connectivity index (χ2n) is 5.92. The Morgan fingerprint density at radius 2 is 1.62 bits per heavy atom. The summed E-state index contributed by atoms with van der Waals surface area (Å²) in [7, 11) is 0. The molecule has 0 saturated carbocycles. The molecule has 0 aliphatic heterocycles. The molecule has 0 spiro atoms. The third-order valence-electron chi connectivity index (χ3n) is 4.12. The van der Waals surface area contributed by atoms with Gasteiger partial charge in [0.05, 0.1) is 12.2 Å². The van der Waals surface area contributed by atoms with Gasteiger partial charge in [0.15, 0.2) is 0 Å². The standard InChI is InChI=1S/C21H18N2O2S/c1-3-8-16(9-4-1)15-26-21-23-22-20(25-21)14-18(19-12-7-13-24-19)17-10-5-2-6-11-17/h1-13,18H,14-15H2. The van der Waals surface area contributed by atoms with E-state index in [1.807, 2.05) is 48.5 Å². The smallest absolute Gasteiger partial charge is 0.276 e. The highest BCUT2D eigenvalue weighted by molar-refractivity contribution is 7.98. The summed E-state index contributed by atoms with van der Waals surface area (Å²) < 4.78 is 11.5. The minimum Gasteiger partial charge on any atom is -0.469 e. The van der Waals surface area contributed by atoms with E-state index < -0.39 is 0 Å². The summed E-state index contributed by atoms with van der Waals surface area (Å²) in [5.41, 5.74) is 2.40. The van der Waals surface area contributed by atoms with Crippen molar-refractivity contribution in [1.29, 1.82) is 0 Å². The van der Waals surface area contributed by atoms with Gasteiger partial charge in [0.2, 0.25) is 5.89 Å². The van der Waals surface area contributed by atoms with E-state index in [0.29, 0.717) is 17.5 Å². The van der Waals surface area contributed by atoms with Crippen molar-refractivity contribution in [3.05, 3.63) is 102 Å². The summed E-state index contributed by atoms with van der Waals surface area (Å²) in [6, 6.07) is 24.4. The van der Waals surface area contributed by atoms with E-state index in [1.165, 1.54) is 11.1 Å². The number of rotatable bonds is 7. The summed E-state index contributed by atoms with van der Waals surface area (Å²) in [5, 5.41) is 8.99. The molecule has 4 rings (SSSR count). The molecule has 26 heavy (non-hydrogen) atoms. The molecule has 0 fully saturated rings. The Kier molecular flexibility index (Phi) is 5.17. The molecule has 0 saturated heterocycles. The molecule has 0 radical (unpaired) electrons. The molecule has 0 aliphatic carbocycles. The molecule has 130 valence electrons. The molecule has 4 aromatic rings. The Balaban J connectivity index is 1.47. The molecule has 2 aromatic heterocycles. The van der Waals surface area contributed by atoms with Crippen molar-refractivity contribution in [1.82, 2.24) is 10.2 Å². The molecule has 1 atom stereocenters. The predicted octanol–water partition coefficient (Wildman–Crippen LogP) is 5.33. The first-order valence-electron chi connectivity index (χ1n) is 8.46. The van der Waals surface area contributed by atoms with Crippen molar-refractivity contribution < 1.29 is 8.83 Å². The van der Waals surface area contributed by atoms with Crippen molar-refractivity contribution in [2.75, 3.05) is 0 Å². The van der Waals surface area contributed by atoms with Crippen LogP contribution in [0.1, 0.15) is 28.7 Å². The van der Waals surface area contributed by atoms with E-state index in [4.69, 9.17) is 8.83 Å². The Morgan fingerprint density at radius 1 is 0.846 bits per heavy atom. The highest BCUT2D eigenvalue weighted by atomic mass is 32.2. The van der Waals surface area contributed by atoms with Gasteiger partial charge in [-0.15, -0.1) is 10.2 Å². The van der Waals surface area contributed by atoms with Gasteiger partial charge < -0.3 is 8.83 Å². The fourth-order valence-electron chi connectivity index (χ4n) is 2.83. The van der Waals surface area contributed by atoms with Crippen molar-refractivity contribution in [2.45, 2.75) is 23.3 Å². The highest BCUT2D eigenvalue weighted by Crippen LogP contribution is 2.29. The van der Waals surface area contributed by atoms with Crippen LogP contribution in [0.3, 0.4) is 0 Å². The van der Waals surface area contributed by atoms with Gasteiger partial charge in [0.1, 0.15) is 5.76 Å². The van der Waals surface area contributed by atoms with Crippen LogP contribution in [0, 0.1) is 0 Å². The minimum absolute atomic E-state index is 0.0543. The molecule has 1 unspecified atom stereocenters. The molecule has 0 bridgehead atoms. The molecule has 2 aromatic carbocycles. The van der Waals surface area contributed by atoms with E-state index in [-0.39, 0.29) is 5.92 Å². The SMILES string of the molecule is c1ccc(CSc2nnc(CC(c3ccccc3)c3ccco3)o2)cc1. The van der Waals surface area contributed by atoms with Crippen LogP contribution in [-0.4, -0.2) is 10.2 Å². The lowest BCUT2D eigenvalue weighted by atomic mass is 9.93. The normalized spacial score (nSPS) is 12.2. The third kappa shape index (κ3) is 4.06. The van der Waals surface area contributed by atoms with Crippen molar-refractivity contribution in [3.8, 4) is 0 Å². The summed E-state index contributed by atoms with van der Waals surface area (Å²) in [6.07, 6.45) is 2.30. The van der Waals surface area contributed by atoms with Crippen LogP contribution < -0.4 is 0 Å². The maximum absolute atomic E-state index is 5.85. The average molecular weight is 362 g/mol. The fourth-order valence-corrected chi connectivity index (χ4v) is 3.57. The van der Waals surface area contributed by atoms with Gasteiger partial charge in [-0.05, 0) is 23.3 Å². The Hall–Kier alpha value is -2.79. The van der Waals surface area contributed by atoms with Gasteiger partial charge in [0.25, 0.3) is 5.22 Å². The summed E-state index contributed by atoms with van der Waals surface area (Å²) >= 11 is 1.55. The molecule has 0 amide bonds. The molecular weight excluding hydrogens is 344 g/mol. The van der Waals surface area contributed by atoms with Crippen LogP contribution in [0.4, 0.5) is 0 Å². The number of furan rings is 1. The lowest BCUT2D eigenvalue weighted by Crippen LogP contribution is -2.04. The summed E-state index contributed by atoms with van der Waals surface area (Å²) in [4.78, 5) is 0. The molecular formula is C21H18N2O2S. The zero-order valence-corrected chi connectivity index (χ0v) is 14.9. The van der Waals surface area contributed by atoms with E-state index in [9.17, 15) is 0 Å². The monoisotopic (exact) mass is 362 g/mol. The van der Waals surface area contributed by atoms with Gasteiger partial charge in [-0.3, -0.25) is 0 Å². The minimum atomic E-state index is 0.0543. The fraction of sp³-hybridized carbons (Fsp3) is 0.143. The van der Waals surface area contributed by atoms with Gasteiger partial charge in [-0.2, -0.15) is 0 Å². The van der Waals surface area contributed by atoms with Crippen molar-refractivity contribution >= 4 is 11.8 Å². The number of thioether (sulfide) groups is 1. The zero-order valence-electron chi connectivity index (χ0n) is 14.1. The number of aromatic nitrogens is 2. The van der Waals surface area contributed by atoms with E-state index in [0.717, 1.165) is 11.5 Å². The van der Waals surface area contributed by atoms with Gasteiger partial charge >= 0.3 is 0 Å². The number of nitrogens with zero attached hydrogens (tertiary/aromatic N) is 2. The molecule has 0 aliphatic rings. The quantitative estimate of drug-likeness (QED) is 0.416. The Labute approximate surface area is 156 Å². The lowest BCUT2D eigenvalue weighted by molar-refractivity contribution is 0.395. The molecule has 5 heteroatoms. The lowest BCUT2D eigenvalue weighted by Gasteiger charge is -2.12.